The standard InChI is InChI=1S/C31H34O7/c1-8-19(3)29(33)36-22-13-10-21(11-14-22)12-15-24(32)27-26(35-7)18-25-23(16-17-31(5,6)38-25)28(27)37-30(34)20(4)9-2/h8-15,18H,16-17H2,1-7H3/b15-12+,19-8+,20-9-. The molecule has 0 saturated carbocycles. The van der Waals surface area contributed by atoms with Crippen LogP contribution >= 0.6 is 0 Å². The molecule has 200 valence electrons. The Hall–Kier alpha value is -4.13. The van der Waals surface area contributed by atoms with Crippen LogP contribution in [0.2, 0.25) is 0 Å². The fourth-order valence-corrected chi connectivity index (χ4v) is 3.76. The summed E-state index contributed by atoms with van der Waals surface area (Å²) in [6.45, 7) is 10.8. The Morgan fingerprint density at radius 1 is 0.947 bits per heavy atom. The summed E-state index contributed by atoms with van der Waals surface area (Å²) >= 11 is 0. The molecule has 1 heterocycles. The van der Waals surface area contributed by atoms with Crippen LogP contribution in [-0.4, -0.2) is 30.4 Å². The molecule has 0 bridgehead atoms. The van der Waals surface area contributed by atoms with E-state index in [1.54, 1.807) is 76.3 Å². The molecule has 0 aliphatic carbocycles. The van der Waals surface area contributed by atoms with Gasteiger partial charge in [0, 0.05) is 22.8 Å². The Labute approximate surface area is 223 Å². The Kier molecular flexibility index (Phi) is 8.94. The van der Waals surface area contributed by atoms with Crippen molar-refractivity contribution in [1.82, 2.24) is 0 Å². The summed E-state index contributed by atoms with van der Waals surface area (Å²) in [7, 11) is 1.45. The minimum atomic E-state index is -0.552. The molecule has 0 radical (unpaired) electrons. The van der Waals surface area contributed by atoms with Crippen LogP contribution in [0.5, 0.6) is 23.0 Å². The summed E-state index contributed by atoms with van der Waals surface area (Å²) in [5, 5.41) is 0. The van der Waals surface area contributed by atoms with Crippen molar-refractivity contribution in [2.75, 3.05) is 7.11 Å². The minimum absolute atomic E-state index is 0.149. The van der Waals surface area contributed by atoms with E-state index in [-0.39, 0.29) is 17.1 Å². The van der Waals surface area contributed by atoms with Gasteiger partial charge < -0.3 is 18.9 Å². The maximum atomic E-state index is 13.5. The highest BCUT2D eigenvalue weighted by Crippen LogP contribution is 2.45. The number of carbonyl (C=O) groups excluding carboxylic acids is 3. The molecule has 0 amide bonds. The first-order valence-electron chi connectivity index (χ1n) is 12.4. The average molecular weight is 519 g/mol. The number of hydrogen-bond donors (Lipinski definition) is 0. The second-order valence-electron chi connectivity index (χ2n) is 9.61. The molecular weight excluding hydrogens is 484 g/mol. The predicted octanol–water partition coefficient (Wildman–Crippen LogP) is 6.44. The molecule has 7 heteroatoms. The summed E-state index contributed by atoms with van der Waals surface area (Å²) in [5.74, 6) is -0.0480. The molecule has 0 spiro atoms. The number of carbonyl (C=O) groups is 3. The van der Waals surface area contributed by atoms with E-state index in [9.17, 15) is 14.4 Å². The van der Waals surface area contributed by atoms with Gasteiger partial charge in [-0.3, -0.25) is 4.79 Å². The van der Waals surface area contributed by atoms with Gasteiger partial charge in [-0.05, 0) is 78.2 Å². The van der Waals surface area contributed by atoms with Gasteiger partial charge in [0.1, 0.15) is 28.4 Å². The largest absolute Gasteiger partial charge is 0.496 e. The van der Waals surface area contributed by atoms with Crippen molar-refractivity contribution < 1.29 is 33.3 Å². The van der Waals surface area contributed by atoms with Crippen LogP contribution in [0.3, 0.4) is 0 Å². The maximum absolute atomic E-state index is 13.5. The van der Waals surface area contributed by atoms with Gasteiger partial charge in [-0.25, -0.2) is 9.59 Å². The van der Waals surface area contributed by atoms with Crippen molar-refractivity contribution in [2.45, 2.75) is 60.0 Å². The van der Waals surface area contributed by atoms with E-state index in [1.807, 2.05) is 13.8 Å². The van der Waals surface area contributed by atoms with Crippen LogP contribution < -0.4 is 18.9 Å². The molecule has 0 aromatic heterocycles. The van der Waals surface area contributed by atoms with E-state index >= 15 is 0 Å². The summed E-state index contributed by atoms with van der Waals surface area (Å²) < 4.78 is 22.8. The van der Waals surface area contributed by atoms with Gasteiger partial charge in [0.2, 0.25) is 0 Å². The van der Waals surface area contributed by atoms with Crippen molar-refractivity contribution in [1.29, 1.82) is 0 Å². The second kappa shape index (κ2) is 11.9. The summed E-state index contributed by atoms with van der Waals surface area (Å²) in [6.07, 6.45) is 7.61. The van der Waals surface area contributed by atoms with Gasteiger partial charge in [-0.15, -0.1) is 0 Å². The van der Waals surface area contributed by atoms with Crippen molar-refractivity contribution in [3.63, 3.8) is 0 Å². The van der Waals surface area contributed by atoms with Gasteiger partial charge in [0.05, 0.1) is 7.11 Å². The van der Waals surface area contributed by atoms with Crippen LogP contribution in [0.4, 0.5) is 0 Å². The lowest BCUT2D eigenvalue weighted by atomic mass is 9.91. The highest BCUT2D eigenvalue weighted by Gasteiger charge is 2.34. The molecule has 1 aliphatic heterocycles. The molecule has 3 rings (SSSR count). The number of hydrogen-bond acceptors (Lipinski definition) is 7. The van der Waals surface area contributed by atoms with Crippen molar-refractivity contribution in [3.8, 4) is 23.0 Å². The summed E-state index contributed by atoms with van der Waals surface area (Å²) in [4.78, 5) is 38.2. The number of allylic oxidation sites excluding steroid dienone is 3. The highest BCUT2D eigenvalue weighted by atomic mass is 16.5. The molecule has 2 aromatic rings. The molecule has 0 unspecified atom stereocenters. The highest BCUT2D eigenvalue weighted by molar-refractivity contribution is 6.11. The summed E-state index contributed by atoms with van der Waals surface area (Å²) in [5.41, 5.74) is 2.03. The van der Waals surface area contributed by atoms with E-state index in [1.165, 1.54) is 13.2 Å². The van der Waals surface area contributed by atoms with E-state index in [2.05, 4.69) is 0 Å². The lowest BCUT2D eigenvalue weighted by Crippen LogP contribution is -2.33. The maximum Gasteiger partial charge on any atom is 0.338 e. The number of ether oxygens (including phenoxy) is 4. The van der Waals surface area contributed by atoms with Gasteiger partial charge in [0.15, 0.2) is 11.5 Å². The first kappa shape index (κ1) is 28.4. The third-order valence-corrected chi connectivity index (χ3v) is 6.36. The van der Waals surface area contributed by atoms with E-state index in [0.717, 1.165) is 0 Å². The topological polar surface area (TPSA) is 88.1 Å². The molecule has 0 saturated heterocycles. The zero-order chi connectivity index (χ0) is 28.0. The quantitative estimate of drug-likeness (QED) is 0.172. The van der Waals surface area contributed by atoms with Gasteiger partial charge in [0.25, 0.3) is 0 Å². The zero-order valence-corrected chi connectivity index (χ0v) is 23.0. The normalized spacial score (nSPS) is 14.9. The van der Waals surface area contributed by atoms with Gasteiger partial charge in [-0.2, -0.15) is 0 Å². The Morgan fingerprint density at radius 2 is 1.55 bits per heavy atom. The number of rotatable bonds is 8. The van der Waals surface area contributed by atoms with Crippen molar-refractivity contribution in [2.24, 2.45) is 0 Å². The monoisotopic (exact) mass is 518 g/mol. The third-order valence-electron chi connectivity index (χ3n) is 6.36. The second-order valence-corrected chi connectivity index (χ2v) is 9.61. The number of fused-ring (bicyclic) bond motifs is 1. The fraction of sp³-hybridized carbons (Fsp3) is 0.323. The average Bonchev–Trinajstić information content (AvgIpc) is 2.90. The fourth-order valence-electron chi connectivity index (χ4n) is 3.76. The number of benzene rings is 2. The van der Waals surface area contributed by atoms with Crippen molar-refractivity contribution in [3.05, 3.63) is 76.4 Å². The SMILES string of the molecule is C/C=C(/C)C(=O)Oc1c2c(cc(OC)c1C(=O)/C=C/c1ccc(OC(=O)/C(C)=C/C)cc1)OC(C)(C)CC2. The van der Waals surface area contributed by atoms with Crippen LogP contribution in [0, 0.1) is 0 Å². The van der Waals surface area contributed by atoms with Crippen LogP contribution in [0.15, 0.2) is 59.7 Å². The predicted molar refractivity (Wildman–Crippen MR) is 146 cm³/mol. The van der Waals surface area contributed by atoms with Crippen LogP contribution in [0.25, 0.3) is 6.08 Å². The molecule has 0 atom stereocenters. The summed E-state index contributed by atoms with van der Waals surface area (Å²) in [6, 6.07) is 8.43. The van der Waals surface area contributed by atoms with E-state index in [4.69, 9.17) is 18.9 Å². The smallest absolute Gasteiger partial charge is 0.338 e. The molecular formula is C31H34O7. The minimum Gasteiger partial charge on any atom is -0.496 e. The number of esters is 2. The molecule has 1 aliphatic rings. The van der Waals surface area contributed by atoms with E-state index in [0.29, 0.717) is 46.6 Å². The van der Waals surface area contributed by atoms with Crippen molar-refractivity contribution >= 4 is 23.8 Å². The first-order chi connectivity index (χ1) is 18.0. The van der Waals surface area contributed by atoms with Crippen LogP contribution in [-0.2, 0) is 16.0 Å². The van der Waals surface area contributed by atoms with E-state index < -0.39 is 23.3 Å². The molecule has 7 nitrogen and oxygen atoms in total. The lowest BCUT2D eigenvalue weighted by molar-refractivity contribution is -0.131. The Balaban J connectivity index is 1.97. The van der Waals surface area contributed by atoms with Crippen LogP contribution in [0.1, 0.15) is 69.4 Å². The molecule has 38 heavy (non-hydrogen) atoms. The Morgan fingerprint density at radius 3 is 2.13 bits per heavy atom. The number of ketones is 1. The zero-order valence-electron chi connectivity index (χ0n) is 23.0. The molecule has 0 fully saturated rings. The molecule has 2 aromatic carbocycles. The van der Waals surface area contributed by atoms with Gasteiger partial charge >= 0.3 is 11.9 Å². The van der Waals surface area contributed by atoms with Gasteiger partial charge in [-0.1, -0.05) is 30.4 Å². The Bertz CT molecular complexity index is 1320. The number of methoxy groups -OCH3 is 1. The molecule has 0 N–H and O–H groups in total. The third kappa shape index (κ3) is 6.59. The first-order valence-corrected chi connectivity index (χ1v) is 12.4. The lowest BCUT2D eigenvalue weighted by Gasteiger charge is -2.34.